The molecule has 3 heterocycles. The van der Waals surface area contributed by atoms with Crippen LogP contribution in [0.3, 0.4) is 0 Å². The second kappa shape index (κ2) is 7.08. The lowest BCUT2D eigenvalue weighted by molar-refractivity contribution is 0.0988. The summed E-state index contributed by atoms with van der Waals surface area (Å²) in [5.74, 6) is 1.74. The molecule has 9 heteroatoms. The van der Waals surface area contributed by atoms with Gasteiger partial charge in [0.1, 0.15) is 11.6 Å². The minimum atomic E-state index is -0.358. The lowest BCUT2D eigenvalue weighted by Gasteiger charge is -2.09. The first-order valence-corrected chi connectivity index (χ1v) is 8.12. The van der Waals surface area contributed by atoms with Crippen molar-refractivity contribution in [2.75, 3.05) is 10.6 Å². The number of nitrogens with one attached hydrogen (secondary N) is 2. The Hall–Kier alpha value is -4.01. The maximum absolute atomic E-state index is 12.0. The number of benzene rings is 1. The normalized spacial score (nSPS) is 10.6. The van der Waals surface area contributed by atoms with Crippen molar-refractivity contribution in [3.8, 4) is 5.82 Å². The van der Waals surface area contributed by atoms with Gasteiger partial charge in [0, 0.05) is 35.9 Å². The van der Waals surface area contributed by atoms with Gasteiger partial charge in [0.15, 0.2) is 5.82 Å². The van der Waals surface area contributed by atoms with Gasteiger partial charge in [-0.15, -0.1) is 0 Å². The molecule has 0 bridgehead atoms. The first-order valence-electron chi connectivity index (χ1n) is 8.12. The molecule has 3 aromatic heterocycles. The highest BCUT2D eigenvalue weighted by atomic mass is 16.5. The van der Waals surface area contributed by atoms with E-state index < -0.39 is 0 Å². The van der Waals surface area contributed by atoms with Gasteiger partial charge >= 0.3 is 0 Å². The SMILES string of the molecule is Cc1nc(Nc2ccc(NC(=O)c3ccno3)cc2)cc(-n2cccn2)n1. The lowest BCUT2D eigenvalue weighted by atomic mass is 10.2. The van der Waals surface area contributed by atoms with Crippen molar-refractivity contribution in [3.63, 3.8) is 0 Å². The monoisotopic (exact) mass is 361 g/mol. The van der Waals surface area contributed by atoms with Gasteiger partial charge < -0.3 is 15.2 Å². The Bertz CT molecular complexity index is 1040. The van der Waals surface area contributed by atoms with Gasteiger partial charge in [0.25, 0.3) is 5.91 Å². The molecule has 0 spiro atoms. The van der Waals surface area contributed by atoms with Crippen LogP contribution in [-0.2, 0) is 0 Å². The molecule has 2 N–H and O–H groups in total. The van der Waals surface area contributed by atoms with Crippen LogP contribution in [0.15, 0.2) is 65.6 Å². The van der Waals surface area contributed by atoms with E-state index in [0.717, 1.165) is 5.69 Å². The van der Waals surface area contributed by atoms with E-state index in [1.807, 2.05) is 31.3 Å². The molecule has 0 saturated heterocycles. The quantitative estimate of drug-likeness (QED) is 0.562. The Kier molecular flexibility index (Phi) is 4.32. The lowest BCUT2D eigenvalue weighted by Crippen LogP contribution is -2.10. The third kappa shape index (κ3) is 3.82. The van der Waals surface area contributed by atoms with E-state index in [1.54, 1.807) is 29.1 Å². The predicted octanol–water partition coefficient (Wildman–Crippen LogP) is 2.95. The van der Waals surface area contributed by atoms with Gasteiger partial charge in [0.2, 0.25) is 5.76 Å². The fourth-order valence-corrected chi connectivity index (χ4v) is 2.45. The van der Waals surface area contributed by atoms with Crippen molar-refractivity contribution in [2.24, 2.45) is 0 Å². The summed E-state index contributed by atoms with van der Waals surface area (Å²) < 4.78 is 6.50. The molecule has 0 aliphatic carbocycles. The third-order valence-corrected chi connectivity index (χ3v) is 3.64. The number of aryl methyl sites for hydroxylation is 1. The van der Waals surface area contributed by atoms with Gasteiger partial charge in [-0.25, -0.2) is 14.6 Å². The summed E-state index contributed by atoms with van der Waals surface area (Å²) in [6.07, 6.45) is 4.93. The molecule has 0 saturated carbocycles. The summed E-state index contributed by atoms with van der Waals surface area (Å²) >= 11 is 0. The molecular weight excluding hydrogens is 346 g/mol. The summed E-state index contributed by atoms with van der Waals surface area (Å²) in [7, 11) is 0. The van der Waals surface area contributed by atoms with Gasteiger partial charge in [-0.3, -0.25) is 4.79 Å². The first-order chi connectivity index (χ1) is 13.2. The van der Waals surface area contributed by atoms with E-state index in [2.05, 4.69) is 30.9 Å². The minimum Gasteiger partial charge on any atom is -0.351 e. The minimum absolute atomic E-state index is 0.153. The fraction of sp³-hybridized carbons (Fsp3) is 0.0556. The second-order valence-electron chi connectivity index (χ2n) is 5.64. The standard InChI is InChI=1S/C18H15N7O2/c1-12-21-16(11-17(22-12)25-10-2-8-19-25)23-13-3-5-14(6-4-13)24-18(26)15-7-9-20-27-15/h2-11H,1H3,(H,24,26)(H,21,22,23). The zero-order chi connectivity index (χ0) is 18.6. The van der Waals surface area contributed by atoms with E-state index in [1.165, 1.54) is 12.3 Å². The first kappa shape index (κ1) is 16.5. The molecule has 0 radical (unpaired) electrons. The molecule has 0 atom stereocenters. The number of carbonyl (C=O) groups excluding carboxylic acids is 1. The van der Waals surface area contributed by atoms with E-state index in [0.29, 0.717) is 23.1 Å². The van der Waals surface area contributed by atoms with Crippen LogP contribution in [0.25, 0.3) is 5.82 Å². The van der Waals surface area contributed by atoms with Crippen molar-refractivity contribution < 1.29 is 9.32 Å². The number of rotatable bonds is 5. The third-order valence-electron chi connectivity index (χ3n) is 3.64. The van der Waals surface area contributed by atoms with E-state index in [9.17, 15) is 4.79 Å². The highest BCUT2D eigenvalue weighted by molar-refractivity contribution is 6.02. The molecule has 0 fully saturated rings. The van der Waals surface area contributed by atoms with Crippen LogP contribution >= 0.6 is 0 Å². The van der Waals surface area contributed by atoms with Crippen LogP contribution in [0.5, 0.6) is 0 Å². The van der Waals surface area contributed by atoms with Crippen LogP contribution in [-0.4, -0.2) is 30.8 Å². The number of anilines is 3. The zero-order valence-electron chi connectivity index (χ0n) is 14.3. The van der Waals surface area contributed by atoms with Gasteiger partial charge in [-0.1, -0.05) is 5.16 Å². The van der Waals surface area contributed by atoms with Crippen molar-refractivity contribution >= 4 is 23.1 Å². The number of aromatic nitrogens is 5. The predicted molar refractivity (Wildman–Crippen MR) is 98.1 cm³/mol. The summed E-state index contributed by atoms with van der Waals surface area (Å²) in [6, 6.07) is 12.4. The molecule has 134 valence electrons. The van der Waals surface area contributed by atoms with Crippen LogP contribution in [0, 0.1) is 6.92 Å². The van der Waals surface area contributed by atoms with Gasteiger partial charge in [-0.2, -0.15) is 5.10 Å². The molecule has 4 aromatic rings. The summed E-state index contributed by atoms with van der Waals surface area (Å²) in [4.78, 5) is 20.7. The number of hydrogen-bond donors (Lipinski definition) is 2. The van der Waals surface area contributed by atoms with Gasteiger partial charge in [0.05, 0.1) is 6.20 Å². The number of hydrogen-bond acceptors (Lipinski definition) is 7. The molecule has 4 rings (SSSR count). The molecule has 9 nitrogen and oxygen atoms in total. The zero-order valence-corrected chi connectivity index (χ0v) is 14.3. The summed E-state index contributed by atoms with van der Waals surface area (Å²) in [6.45, 7) is 1.82. The molecule has 27 heavy (non-hydrogen) atoms. The van der Waals surface area contributed by atoms with E-state index >= 15 is 0 Å². The fourth-order valence-electron chi connectivity index (χ4n) is 2.45. The Labute approximate surface area is 154 Å². The average Bonchev–Trinajstić information content (AvgIpc) is 3.37. The Morgan fingerprint density at radius 3 is 2.59 bits per heavy atom. The summed E-state index contributed by atoms with van der Waals surface area (Å²) in [5.41, 5.74) is 1.45. The number of nitrogens with zero attached hydrogens (tertiary/aromatic N) is 5. The molecule has 0 aliphatic heterocycles. The smallest absolute Gasteiger partial charge is 0.294 e. The largest absolute Gasteiger partial charge is 0.351 e. The van der Waals surface area contributed by atoms with Crippen LogP contribution in [0.4, 0.5) is 17.2 Å². The van der Waals surface area contributed by atoms with E-state index in [4.69, 9.17) is 4.52 Å². The molecule has 1 aromatic carbocycles. The molecule has 0 aliphatic rings. The van der Waals surface area contributed by atoms with Crippen LogP contribution in [0.1, 0.15) is 16.4 Å². The van der Waals surface area contributed by atoms with Gasteiger partial charge in [-0.05, 0) is 37.3 Å². The highest BCUT2D eigenvalue weighted by Gasteiger charge is 2.10. The molecule has 0 unspecified atom stereocenters. The number of amides is 1. The Morgan fingerprint density at radius 2 is 1.89 bits per heavy atom. The van der Waals surface area contributed by atoms with Crippen molar-refractivity contribution in [1.29, 1.82) is 0 Å². The average molecular weight is 361 g/mol. The topological polar surface area (TPSA) is 111 Å². The van der Waals surface area contributed by atoms with Crippen LogP contribution < -0.4 is 10.6 Å². The second-order valence-corrected chi connectivity index (χ2v) is 5.64. The van der Waals surface area contributed by atoms with Crippen LogP contribution in [0.2, 0.25) is 0 Å². The highest BCUT2D eigenvalue weighted by Crippen LogP contribution is 2.19. The maximum atomic E-state index is 12.0. The van der Waals surface area contributed by atoms with E-state index in [-0.39, 0.29) is 11.7 Å². The maximum Gasteiger partial charge on any atom is 0.294 e. The van der Waals surface area contributed by atoms with Crippen molar-refractivity contribution in [2.45, 2.75) is 6.92 Å². The Morgan fingerprint density at radius 1 is 1.07 bits per heavy atom. The van der Waals surface area contributed by atoms with Crippen molar-refractivity contribution in [3.05, 3.63) is 72.6 Å². The summed E-state index contributed by atoms with van der Waals surface area (Å²) in [5, 5.41) is 13.7. The Balaban J connectivity index is 1.48. The van der Waals surface area contributed by atoms with Crippen molar-refractivity contribution in [1.82, 2.24) is 24.9 Å². The molecular formula is C18H15N7O2. The number of carbonyl (C=O) groups is 1. The molecule has 1 amide bonds.